The molecule has 0 aromatic carbocycles. The van der Waals surface area contributed by atoms with Crippen molar-refractivity contribution in [1.29, 1.82) is 0 Å². The van der Waals surface area contributed by atoms with Crippen LogP contribution < -0.4 is 0 Å². The van der Waals surface area contributed by atoms with Crippen molar-refractivity contribution in [3.05, 3.63) is 0 Å². The normalized spacial score (nSPS) is 19.0. The second-order valence-electron chi connectivity index (χ2n) is 4.33. The van der Waals surface area contributed by atoms with Gasteiger partial charge in [-0.2, -0.15) is 0 Å². The average Bonchev–Trinajstić information content (AvgIpc) is 2.40. The highest BCUT2D eigenvalue weighted by atomic mass is 31.2. The van der Waals surface area contributed by atoms with E-state index < -0.39 is 63.1 Å². The zero-order valence-electron chi connectivity index (χ0n) is 11.0. The highest BCUT2D eigenvalue weighted by molar-refractivity contribution is 7.46. The third kappa shape index (κ3) is 7.35. The molecule has 0 bridgehead atoms. The maximum atomic E-state index is 10.8. The number of phosphoric acid groups is 1. The van der Waals surface area contributed by atoms with Crippen LogP contribution in [-0.4, -0.2) is 89.3 Å². The van der Waals surface area contributed by atoms with E-state index in [4.69, 9.17) is 14.9 Å². The summed E-state index contributed by atoms with van der Waals surface area (Å²) in [7, 11) is -4.94. The minimum Gasteiger partial charge on any atom is -0.475 e. The molecule has 0 amide bonds. The van der Waals surface area contributed by atoms with Gasteiger partial charge in [0.1, 0.15) is 24.4 Å². The molecule has 12 nitrogen and oxygen atoms in total. The topological polar surface area (TPSA) is 222 Å². The summed E-state index contributed by atoms with van der Waals surface area (Å²) in [5.41, 5.74) is 0. The first-order valence-corrected chi connectivity index (χ1v) is 7.26. The lowest BCUT2D eigenvalue weighted by Crippen LogP contribution is -2.50. The van der Waals surface area contributed by atoms with Crippen LogP contribution in [0.15, 0.2) is 0 Å². The molecule has 0 aromatic rings. The number of hydrogen-bond acceptors (Lipinski definition) is 9. The molecule has 22 heavy (non-hydrogen) atoms. The molecule has 0 aliphatic carbocycles. The number of Topliss-reactive ketones (excluding diaryl/α,β-unsaturated/α-hetero) is 1. The summed E-state index contributed by atoms with van der Waals surface area (Å²) in [5.74, 6) is -3.34. The fraction of sp³-hybridized carbons (Fsp3) is 0.778. The molecule has 0 unspecified atom stereocenters. The van der Waals surface area contributed by atoms with Crippen molar-refractivity contribution < 1.29 is 59.1 Å². The van der Waals surface area contributed by atoms with Crippen molar-refractivity contribution in [2.24, 2.45) is 0 Å². The summed E-state index contributed by atoms with van der Waals surface area (Å²) in [6, 6.07) is 0. The molecule has 8 N–H and O–H groups in total. The number of aliphatic hydroxyl groups excluding tert-OH is 5. The number of carboxylic acids is 1. The Kier molecular flexibility index (Phi) is 8.25. The number of rotatable bonds is 10. The van der Waals surface area contributed by atoms with Gasteiger partial charge in [0.2, 0.25) is 5.78 Å². The smallest absolute Gasteiger partial charge is 0.469 e. The predicted octanol–water partition coefficient (Wildman–Crippen LogP) is -4.06. The number of carbonyl (C=O) groups excluding carboxylic acids is 1. The van der Waals surface area contributed by atoms with Crippen LogP contribution in [0.2, 0.25) is 0 Å². The highest BCUT2D eigenvalue weighted by Gasteiger charge is 2.36. The Morgan fingerprint density at radius 1 is 0.909 bits per heavy atom. The van der Waals surface area contributed by atoms with Crippen molar-refractivity contribution in [3.63, 3.8) is 0 Å². The zero-order valence-corrected chi connectivity index (χ0v) is 11.9. The van der Waals surface area contributed by atoms with Crippen molar-refractivity contribution in [1.82, 2.24) is 0 Å². The second kappa shape index (κ2) is 8.62. The SMILES string of the molecule is O=C(O)C(=O)C[C@H](O)[C@@H](O)[C@@H](O)[C@H](O)[C@H](O)COP(=O)(O)O. The number of hydrogen-bond donors (Lipinski definition) is 8. The van der Waals surface area contributed by atoms with Crippen LogP contribution in [0.5, 0.6) is 0 Å². The minimum absolute atomic E-state index is 1.06. The predicted molar refractivity (Wildman–Crippen MR) is 65.3 cm³/mol. The van der Waals surface area contributed by atoms with E-state index in [9.17, 15) is 39.7 Å². The van der Waals surface area contributed by atoms with E-state index in [2.05, 4.69) is 4.52 Å². The lowest BCUT2D eigenvalue weighted by molar-refractivity contribution is -0.155. The third-order valence-electron chi connectivity index (χ3n) is 2.53. The fourth-order valence-corrected chi connectivity index (χ4v) is 1.67. The van der Waals surface area contributed by atoms with Gasteiger partial charge in [0.25, 0.3) is 0 Å². The zero-order chi connectivity index (χ0) is 17.7. The second-order valence-corrected chi connectivity index (χ2v) is 5.56. The lowest BCUT2D eigenvalue weighted by atomic mass is 9.97. The van der Waals surface area contributed by atoms with Crippen LogP contribution >= 0.6 is 7.82 Å². The monoisotopic (exact) mass is 348 g/mol. The van der Waals surface area contributed by atoms with Gasteiger partial charge in [0.15, 0.2) is 0 Å². The number of aliphatic hydroxyl groups is 5. The average molecular weight is 348 g/mol. The standard InChI is InChI=1S/C9H17O12P/c10-3(1-4(11)9(16)17)6(13)8(15)7(14)5(12)2-21-22(18,19)20/h3,5-8,10,12-15H,1-2H2,(H,16,17)(H2,18,19,20)/t3-,5+,6+,7+,8+/m0/s1. The largest absolute Gasteiger partial charge is 0.475 e. The van der Waals surface area contributed by atoms with E-state index in [1.807, 2.05) is 0 Å². The van der Waals surface area contributed by atoms with Gasteiger partial charge in [-0.3, -0.25) is 9.32 Å². The number of carbonyl (C=O) groups is 2. The molecule has 0 fully saturated rings. The van der Waals surface area contributed by atoms with Gasteiger partial charge in [-0.1, -0.05) is 0 Å². The molecule has 0 spiro atoms. The van der Waals surface area contributed by atoms with E-state index in [0.717, 1.165) is 0 Å². The maximum absolute atomic E-state index is 10.8. The van der Waals surface area contributed by atoms with E-state index in [0.29, 0.717) is 0 Å². The van der Waals surface area contributed by atoms with Crippen molar-refractivity contribution in [2.45, 2.75) is 36.9 Å². The van der Waals surface area contributed by atoms with Crippen molar-refractivity contribution in [3.8, 4) is 0 Å². The summed E-state index contributed by atoms with van der Waals surface area (Å²) in [5, 5.41) is 55.4. The lowest BCUT2D eigenvalue weighted by Gasteiger charge is -2.28. The first kappa shape index (κ1) is 21.0. The van der Waals surface area contributed by atoms with Gasteiger partial charge in [-0.15, -0.1) is 0 Å². The Labute approximate surface area is 123 Å². The van der Waals surface area contributed by atoms with Crippen LogP contribution in [0.4, 0.5) is 0 Å². The molecule has 0 aromatic heterocycles. The minimum atomic E-state index is -4.94. The van der Waals surface area contributed by atoms with Gasteiger partial charge in [-0.25, -0.2) is 9.36 Å². The van der Waals surface area contributed by atoms with E-state index in [1.165, 1.54) is 0 Å². The molecule has 5 atom stereocenters. The maximum Gasteiger partial charge on any atom is 0.469 e. The van der Waals surface area contributed by atoms with Crippen LogP contribution in [-0.2, 0) is 18.7 Å². The molecule has 13 heteroatoms. The Hall–Kier alpha value is -0.950. The Bertz CT molecular complexity index is 432. The van der Waals surface area contributed by atoms with Crippen molar-refractivity contribution in [2.75, 3.05) is 6.61 Å². The first-order valence-electron chi connectivity index (χ1n) is 5.73. The molecule has 0 aliphatic rings. The van der Waals surface area contributed by atoms with Gasteiger partial charge in [-0.05, 0) is 0 Å². The quantitative estimate of drug-likeness (QED) is 0.139. The van der Waals surface area contributed by atoms with E-state index in [1.54, 1.807) is 0 Å². The molecule has 130 valence electrons. The van der Waals surface area contributed by atoms with E-state index in [-0.39, 0.29) is 0 Å². The molecular weight excluding hydrogens is 331 g/mol. The number of ketones is 1. The van der Waals surface area contributed by atoms with Gasteiger partial charge in [0, 0.05) is 6.42 Å². The van der Waals surface area contributed by atoms with E-state index >= 15 is 0 Å². The fourth-order valence-electron chi connectivity index (χ4n) is 1.33. The van der Waals surface area contributed by atoms with Crippen molar-refractivity contribution >= 4 is 19.6 Å². The third-order valence-corrected chi connectivity index (χ3v) is 3.02. The van der Waals surface area contributed by atoms with Crippen LogP contribution in [0.1, 0.15) is 6.42 Å². The molecule has 0 saturated heterocycles. The Morgan fingerprint density at radius 3 is 1.77 bits per heavy atom. The Morgan fingerprint density at radius 2 is 1.36 bits per heavy atom. The number of aliphatic carboxylic acids is 1. The summed E-state index contributed by atoms with van der Waals surface area (Å²) < 4.78 is 14.3. The molecule has 0 heterocycles. The highest BCUT2D eigenvalue weighted by Crippen LogP contribution is 2.35. The number of carboxylic acid groups (broad SMARTS) is 1. The molecule has 0 rings (SSSR count). The Balaban J connectivity index is 4.58. The summed E-state index contributed by atoms with van der Waals surface area (Å²) >= 11 is 0. The van der Waals surface area contributed by atoms with Gasteiger partial charge < -0.3 is 40.4 Å². The number of phosphoric ester groups is 1. The molecule has 0 aliphatic heterocycles. The van der Waals surface area contributed by atoms with Gasteiger partial charge in [0.05, 0.1) is 12.7 Å². The molecule has 0 saturated carbocycles. The summed E-state index contributed by atoms with van der Waals surface area (Å²) in [6.07, 6.45) is -11.8. The molecule has 0 radical (unpaired) electrons. The molecular formula is C9H17O12P. The van der Waals surface area contributed by atoms with Crippen LogP contribution in [0, 0.1) is 0 Å². The summed E-state index contributed by atoms with van der Waals surface area (Å²) in [4.78, 5) is 37.9. The van der Waals surface area contributed by atoms with Gasteiger partial charge >= 0.3 is 13.8 Å². The first-order chi connectivity index (χ1) is 9.86. The summed E-state index contributed by atoms with van der Waals surface area (Å²) in [6.45, 7) is -1.10. The van der Waals surface area contributed by atoms with Crippen LogP contribution in [0.25, 0.3) is 0 Å². The van der Waals surface area contributed by atoms with Crippen LogP contribution in [0.3, 0.4) is 0 Å².